The van der Waals surface area contributed by atoms with Crippen LogP contribution < -0.4 is 0 Å². The van der Waals surface area contributed by atoms with Gasteiger partial charge in [-0.3, -0.25) is 4.79 Å². The van der Waals surface area contributed by atoms with Gasteiger partial charge in [0, 0.05) is 18.5 Å². The van der Waals surface area contributed by atoms with Crippen molar-refractivity contribution in [2.45, 2.75) is 39.5 Å². The maximum Gasteiger partial charge on any atom is 0.164 e. The summed E-state index contributed by atoms with van der Waals surface area (Å²) >= 11 is 0. The molecular formula is C17H25NO. The van der Waals surface area contributed by atoms with E-state index >= 15 is 0 Å². The van der Waals surface area contributed by atoms with Crippen LogP contribution in [0.3, 0.4) is 0 Å². The zero-order valence-electron chi connectivity index (χ0n) is 12.2. The Hall–Kier alpha value is -1.15. The number of ketones is 1. The number of carbonyl (C=O) groups is 1. The third-order valence-corrected chi connectivity index (χ3v) is 4.31. The number of carbonyl (C=O) groups excluding carboxylic acids is 1. The lowest BCUT2D eigenvalue weighted by molar-refractivity contribution is 0.0950. The van der Waals surface area contributed by atoms with Crippen LogP contribution in [0.5, 0.6) is 0 Å². The molecule has 19 heavy (non-hydrogen) atoms. The summed E-state index contributed by atoms with van der Waals surface area (Å²) in [5.74, 6) is 1.18. The first-order valence-electron chi connectivity index (χ1n) is 7.51. The van der Waals surface area contributed by atoms with Gasteiger partial charge in [-0.15, -0.1) is 0 Å². The van der Waals surface area contributed by atoms with Crippen LogP contribution in [0.4, 0.5) is 0 Å². The lowest BCUT2D eigenvalue weighted by Gasteiger charge is -2.31. The van der Waals surface area contributed by atoms with E-state index in [0.717, 1.165) is 18.0 Å². The molecule has 2 rings (SSSR count). The predicted molar refractivity (Wildman–Crippen MR) is 79.6 cm³/mol. The van der Waals surface area contributed by atoms with Crippen LogP contribution in [0.25, 0.3) is 0 Å². The second-order valence-corrected chi connectivity index (χ2v) is 5.73. The number of aryl methyl sites for hydroxylation is 1. The minimum atomic E-state index is 0.276. The van der Waals surface area contributed by atoms with Gasteiger partial charge in [0.05, 0.1) is 0 Å². The molecule has 104 valence electrons. The van der Waals surface area contributed by atoms with Crippen LogP contribution in [0.1, 0.15) is 48.5 Å². The first kappa shape index (κ1) is 14.3. The van der Waals surface area contributed by atoms with Crippen LogP contribution in [-0.4, -0.2) is 30.3 Å². The minimum absolute atomic E-state index is 0.276. The number of piperidine rings is 1. The van der Waals surface area contributed by atoms with Gasteiger partial charge in [0.25, 0.3) is 0 Å². The van der Waals surface area contributed by atoms with E-state index in [9.17, 15) is 4.79 Å². The van der Waals surface area contributed by atoms with Crippen molar-refractivity contribution < 1.29 is 4.79 Å². The highest BCUT2D eigenvalue weighted by atomic mass is 16.1. The van der Waals surface area contributed by atoms with E-state index in [4.69, 9.17) is 0 Å². The van der Waals surface area contributed by atoms with Crippen LogP contribution >= 0.6 is 0 Å². The number of hydrogen-bond donors (Lipinski definition) is 0. The van der Waals surface area contributed by atoms with E-state index in [1.54, 1.807) is 0 Å². The van der Waals surface area contributed by atoms with Crippen LogP contribution in [-0.2, 0) is 0 Å². The molecule has 0 bridgehead atoms. The molecule has 0 aromatic heterocycles. The van der Waals surface area contributed by atoms with Crippen molar-refractivity contribution in [1.82, 2.24) is 4.90 Å². The average Bonchev–Trinajstić information content (AvgIpc) is 2.46. The van der Waals surface area contributed by atoms with Gasteiger partial charge < -0.3 is 4.90 Å². The lowest BCUT2D eigenvalue weighted by atomic mass is 9.94. The molecule has 2 nitrogen and oxygen atoms in total. The van der Waals surface area contributed by atoms with Crippen LogP contribution in [0, 0.1) is 12.8 Å². The Balaban J connectivity index is 1.76. The van der Waals surface area contributed by atoms with Gasteiger partial charge in [0.15, 0.2) is 5.78 Å². The van der Waals surface area contributed by atoms with Gasteiger partial charge in [-0.25, -0.2) is 0 Å². The summed E-state index contributed by atoms with van der Waals surface area (Å²) in [6.07, 6.45) is 4.56. The van der Waals surface area contributed by atoms with Crippen molar-refractivity contribution in [3.05, 3.63) is 35.4 Å². The third kappa shape index (κ3) is 4.17. The van der Waals surface area contributed by atoms with Gasteiger partial charge in [0.2, 0.25) is 0 Å². The van der Waals surface area contributed by atoms with Crippen molar-refractivity contribution in [2.75, 3.05) is 19.6 Å². The van der Waals surface area contributed by atoms with E-state index in [-0.39, 0.29) is 5.78 Å². The molecular weight excluding hydrogens is 234 g/mol. The lowest BCUT2D eigenvalue weighted by Crippen LogP contribution is -2.35. The molecule has 0 unspecified atom stereocenters. The first-order valence-corrected chi connectivity index (χ1v) is 7.51. The molecule has 0 atom stereocenters. The zero-order valence-corrected chi connectivity index (χ0v) is 12.2. The zero-order chi connectivity index (χ0) is 13.7. The highest BCUT2D eigenvalue weighted by Crippen LogP contribution is 2.20. The van der Waals surface area contributed by atoms with Gasteiger partial charge >= 0.3 is 0 Å². The smallest absolute Gasteiger partial charge is 0.164 e. The summed E-state index contributed by atoms with van der Waals surface area (Å²) in [6, 6.07) is 7.92. The molecule has 0 radical (unpaired) electrons. The summed E-state index contributed by atoms with van der Waals surface area (Å²) in [7, 11) is 0. The fourth-order valence-electron chi connectivity index (χ4n) is 2.76. The Morgan fingerprint density at radius 3 is 2.42 bits per heavy atom. The molecule has 0 spiro atoms. The second-order valence-electron chi connectivity index (χ2n) is 5.73. The summed E-state index contributed by atoms with van der Waals surface area (Å²) in [4.78, 5) is 14.5. The summed E-state index contributed by atoms with van der Waals surface area (Å²) in [5.41, 5.74) is 2.06. The quantitative estimate of drug-likeness (QED) is 0.752. The third-order valence-electron chi connectivity index (χ3n) is 4.31. The maximum atomic E-state index is 12.1. The number of likely N-dealkylation sites (tertiary alicyclic amines) is 1. The topological polar surface area (TPSA) is 20.3 Å². The Morgan fingerprint density at radius 1 is 1.21 bits per heavy atom. The normalized spacial score (nSPS) is 17.6. The molecule has 0 amide bonds. The van der Waals surface area contributed by atoms with Crippen molar-refractivity contribution in [3.8, 4) is 0 Å². The number of rotatable bonds is 5. The highest BCUT2D eigenvalue weighted by molar-refractivity contribution is 5.96. The largest absolute Gasteiger partial charge is 0.303 e. The van der Waals surface area contributed by atoms with Gasteiger partial charge in [-0.2, -0.15) is 0 Å². The Labute approximate surface area is 116 Å². The van der Waals surface area contributed by atoms with Crippen molar-refractivity contribution in [3.63, 3.8) is 0 Å². The van der Waals surface area contributed by atoms with E-state index < -0.39 is 0 Å². The summed E-state index contributed by atoms with van der Waals surface area (Å²) in [6.45, 7) is 7.58. The summed E-state index contributed by atoms with van der Waals surface area (Å²) in [5, 5.41) is 0. The van der Waals surface area contributed by atoms with Crippen molar-refractivity contribution >= 4 is 5.78 Å². The number of benzene rings is 1. The van der Waals surface area contributed by atoms with E-state index in [1.807, 2.05) is 31.2 Å². The van der Waals surface area contributed by atoms with Gasteiger partial charge in [-0.05, 0) is 38.8 Å². The maximum absolute atomic E-state index is 12.1. The predicted octanol–water partition coefficient (Wildman–Crippen LogP) is 3.69. The molecule has 1 aliphatic heterocycles. The number of nitrogens with zero attached hydrogens (tertiary/aromatic N) is 1. The molecule has 1 aromatic carbocycles. The molecule has 0 N–H and O–H groups in total. The Bertz CT molecular complexity index is 402. The number of hydrogen-bond acceptors (Lipinski definition) is 2. The summed E-state index contributed by atoms with van der Waals surface area (Å²) < 4.78 is 0. The molecule has 2 heteroatoms. The molecule has 1 saturated heterocycles. The fraction of sp³-hybridized carbons (Fsp3) is 0.588. The van der Waals surface area contributed by atoms with Crippen LogP contribution in [0.15, 0.2) is 24.3 Å². The minimum Gasteiger partial charge on any atom is -0.303 e. The van der Waals surface area contributed by atoms with E-state index in [0.29, 0.717) is 6.42 Å². The molecule has 1 aliphatic rings. The first-order chi connectivity index (χ1) is 9.19. The van der Waals surface area contributed by atoms with E-state index in [1.165, 1.54) is 37.9 Å². The molecule has 0 aliphatic carbocycles. The number of Topliss-reactive ketones (excluding diaryl/α,β-unsaturated/α-hetero) is 1. The molecule has 0 saturated carbocycles. The SMILES string of the molecule is CCC1CCN(CCC(=O)c2ccc(C)cc2)CC1. The van der Waals surface area contributed by atoms with Crippen molar-refractivity contribution in [1.29, 1.82) is 0 Å². The average molecular weight is 259 g/mol. The Kier molecular flexibility index (Phi) is 5.15. The standard InChI is InChI=1S/C17H25NO/c1-3-15-8-11-18(12-9-15)13-10-17(19)16-6-4-14(2)5-7-16/h4-7,15H,3,8-13H2,1-2H3. The molecule has 1 aromatic rings. The Morgan fingerprint density at radius 2 is 1.84 bits per heavy atom. The second kappa shape index (κ2) is 6.85. The fourth-order valence-corrected chi connectivity index (χ4v) is 2.76. The van der Waals surface area contributed by atoms with Gasteiger partial charge in [-0.1, -0.05) is 43.2 Å². The molecule has 1 heterocycles. The monoisotopic (exact) mass is 259 g/mol. The van der Waals surface area contributed by atoms with Gasteiger partial charge in [0.1, 0.15) is 0 Å². The van der Waals surface area contributed by atoms with E-state index in [2.05, 4.69) is 11.8 Å². The highest BCUT2D eigenvalue weighted by Gasteiger charge is 2.18. The van der Waals surface area contributed by atoms with Crippen LogP contribution in [0.2, 0.25) is 0 Å². The molecule has 1 fully saturated rings. The van der Waals surface area contributed by atoms with Crippen molar-refractivity contribution in [2.24, 2.45) is 5.92 Å².